The first kappa shape index (κ1) is 16.5. The minimum Gasteiger partial charge on any atom is -0.481 e. The highest BCUT2D eigenvalue weighted by Crippen LogP contribution is 2.27. The molecule has 0 heterocycles. The molecule has 2 atom stereocenters. The Bertz CT molecular complexity index is 199. The Morgan fingerprint density at radius 2 is 1.71 bits per heavy atom. The van der Waals surface area contributed by atoms with E-state index in [1.165, 1.54) is 38.5 Å². The SMILES string of the molecule is CCCCCC(CCC)CC(C(=O)O)C(C)C. The lowest BCUT2D eigenvalue weighted by Gasteiger charge is -2.23. The number of aliphatic carboxylic acids is 1. The molecule has 1 N–H and O–H groups in total. The van der Waals surface area contributed by atoms with E-state index < -0.39 is 5.97 Å². The average Bonchev–Trinajstić information content (AvgIpc) is 2.24. The number of carboxylic acid groups (broad SMARTS) is 1. The first-order valence-corrected chi connectivity index (χ1v) is 7.25. The second-order valence-electron chi connectivity index (χ2n) is 5.57. The molecule has 0 bridgehead atoms. The summed E-state index contributed by atoms with van der Waals surface area (Å²) in [5.41, 5.74) is 0. The van der Waals surface area contributed by atoms with Crippen LogP contribution in [0.15, 0.2) is 0 Å². The molecule has 102 valence electrons. The zero-order valence-corrected chi connectivity index (χ0v) is 12.0. The van der Waals surface area contributed by atoms with Crippen LogP contribution in [0.4, 0.5) is 0 Å². The predicted molar refractivity (Wildman–Crippen MR) is 73.1 cm³/mol. The van der Waals surface area contributed by atoms with E-state index in [9.17, 15) is 9.90 Å². The van der Waals surface area contributed by atoms with Gasteiger partial charge in [-0.15, -0.1) is 0 Å². The summed E-state index contributed by atoms with van der Waals surface area (Å²) in [5, 5.41) is 9.23. The third-order valence-electron chi connectivity index (χ3n) is 3.62. The predicted octanol–water partition coefficient (Wildman–Crippen LogP) is 4.73. The van der Waals surface area contributed by atoms with Crippen molar-refractivity contribution in [2.75, 3.05) is 0 Å². The maximum Gasteiger partial charge on any atom is 0.306 e. The molecule has 0 aromatic carbocycles. The normalized spacial score (nSPS) is 14.9. The van der Waals surface area contributed by atoms with Crippen LogP contribution in [0.2, 0.25) is 0 Å². The van der Waals surface area contributed by atoms with Crippen LogP contribution in [-0.4, -0.2) is 11.1 Å². The van der Waals surface area contributed by atoms with E-state index in [-0.39, 0.29) is 11.8 Å². The smallest absolute Gasteiger partial charge is 0.306 e. The van der Waals surface area contributed by atoms with Crippen molar-refractivity contribution in [2.45, 2.75) is 72.6 Å². The fourth-order valence-corrected chi connectivity index (χ4v) is 2.49. The largest absolute Gasteiger partial charge is 0.481 e. The minimum atomic E-state index is -0.614. The minimum absolute atomic E-state index is 0.159. The molecule has 0 spiro atoms. The summed E-state index contributed by atoms with van der Waals surface area (Å²) in [6.07, 6.45) is 8.20. The topological polar surface area (TPSA) is 37.3 Å². The van der Waals surface area contributed by atoms with Crippen LogP contribution in [-0.2, 0) is 4.79 Å². The third-order valence-corrected chi connectivity index (χ3v) is 3.62. The zero-order chi connectivity index (χ0) is 13.3. The summed E-state index contributed by atoms with van der Waals surface area (Å²) in [6.45, 7) is 8.45. The Hall–Kier alpha value is -0.530. The summed E-state index contributed by atoms with van der Waals surface area (Å²) in [4.78, 5) is 11.2. The molecule has 0 rings (SSSR count). The second kappa shape index (κ2) is 9.49. The van der Waals surface area contributed by atoms with E-state index in [2.05, 4.69) is 13.8 Å². The molecule has 0 aliphatic rings. The molecule has 17 heavy (non-hydrogen) atoms. The Morgan fingerprint density at radius 3 is 2.12 bits per heavy atom. The van der Waals surface area contributed by atoms with Crippen LogP contribution in [0, 0.1) is 17.8 Å². The molecule has 0 aliphatic carbocycles. The van der Waals surface area contributed by atoms with Gasteiger partial charge in [-0.2, -0.15) is 0 Å². The van der Waals surface area contributed by atoms with Crippen molar-refractivity contribution in [3.63, 3.8) is 0 Å². The van der Waals surface area contributed by atoms with Gasteiger partial charge in [0.1, 0.15) is 0 Å². The van der Waals surface area contributed by atoms with Gasteiger partial charge in [-0.3, -0.25) is 4.79 Å². The van der Waals surface area contributed by atoms with Gasteiger partial charge in [0.2, 0.25) is 0 Å². The molecule has 0 amide bonds. The van der Waals surface area contributed by atoms with Gasteiger partial charge in [0.25, 0.3) is 0 Å². The van der Waals surface area contributed by atoms with E-state index >= 15 is 0 Å². The van der Waals surface area contributed by atoms with E-state index in [1.54, 1.807) is 0 Å². The monoisotopic (exact) mass is 242 g/mol. The lowest BCUT2D eigenvalue weighted by atomic mass is 9.82. The van der Waals surface area contributed by atoms with Gasteiger partial charge >= 0.3 is 5.97 Å². The van der Waals surface area contributed by atoms with Crippen LogP contribution in [0.3, 0.4) is 0 Å². The Labute approximate surface area is 107 Å². The molecule has 0 fully saturated rings. The van der Waals surface area contributed by atoms with Crippen LogP contribution >= 0.6 is 0 Å². The number of hydrogen-bond acceptors (Lipinski definition) is 1. The van der Waals surface area contributed by atoms with Crippen molar-refractivity contribution < 1.29 is 9.90 Å². The summed E-state index contributed by atoms with van der Waals surface area (Å²) < 4.78 is 0. The molecular formula is C15H30O2. The molecule has 0 radical (unpaired) electrons. The van der Waals surface area contributed by atoms with Crippen molar-refractivity contribution in [3.8, 4) is 0 Å². The average molecular weight is 242 g/mol. The van der Waals surface area contributed by atoms with Gasteiger partial charge < -0.3 is 5.11 Å². The number of carbonyl (C=O) groups is 1. The highest BCUT2D eigenvalue weighted by Gasteiger charge is 2.24. The van der Waals surface area contributed by atoms with Crippen LogP contribution < -0.4 is 0 Å². The van der Waals surface area contributed by atoms with E-state index in [0.29, 0.717) is 5.92 Å². The third kappa shape index (κ3) is 7.40. The Kier molecular flexibility index (Phi) is 9.20. The van der Waals surface area contributed by atoms with Crippen LogP contribution in [0.1, 0.15) is 72.6 Å². The maximum absolute atomic E-state index is 11.2. The Morgan fingerprint density at radius 1 is 1.06 bits per heavy atom. The summed E-state index contributed by atoms with van der Waals surface area (Å²) in [5.74, 6) is 0.0813. The molecule has 2 heteroatoms. The summed E-state index contributed by atoms with van der Waals surface area (Å²) in [7, 11) is 0. The molecule has 0 aromatic heterocycles. The first-order valence-electron chi connectivity index (χ1n) is 7.25. The van der Waals surface area contributed by atoms with Crippen molar-refractivity contribution in [2.24, 2.45) is 17.8 Å². The van der Waals surface area contributed by atoms with Crippen molar-refractivity contribution >= 4 is 5.97 Å². The summed E-state index contributed by atoms with van der Waals surface area (Å²) >= 11 is 0. The van der Waals surface area contributed by atoms with Gasteiger partial charge in [-0.1, -0.05) is 66.2 Å². The molecule has 0 saturated heterocycles. The fraction of sp³-hybridized carbons (Fsp3) is 0.933. The molecule has 0 saturated carbocycles. The molecule has 2 nitrogen and oxygen atoms in total. The van der Waals surface area contributed by atoms with E-state index in [1.807, 2.05) is 13.8 Å². The highest BCUT2D eigenvalue weighted by molar-refractivity contribution is 5.70. The number of rotatable bonds is 10. The molecule has 0 aromatic rings. The quantitative estimate of drug-likeness (QED) is 0.562. The van der Waals surface area contributed by atoms with E-state index in [4.69, 9.17) is 0 Å². The van der Waals surface area contributed by atoms with Gasteiger partial charge in [-0.05, 0) is 18.3 Å². The molecule has 2 unspecified atom stereocenters. The zero-order valence-electron chi connectivity index (χ0n) is 12.0. The summed E-state index contributed by atoms with van der Waals surface area (Å²) in [6, 6.07) is 0. The molecule has 0 aliphatic heterocycles. The number of carboxylic acids is 1. The van der Waals surface area contributed by atoms with E-state index in [0.717, 1.165) is 6.42 Å². The van der Waals surface area contributed by atoms with Crippen LogP contribution in [0.25, 0.3) is 0 Å². The number of unbranched alkanes of at least 4 members (excludes halogenated alkanes) is 2. The van der Waals surface area contributed by atoms with Crippen molar-refractivity contribution in [3.05, 3.63) is 0 Å². The first-order chi connectivity index (χ1) is 8.02. The van der Waals surface area contributed by atoms with Crippen molar-refractivity contribution in [1.29, 1.82) is 0 Å². The van der Waals surface area contributed by atoms with Crippen molar-refractivity contribution in [1.82, 2.24) is 0 Å². The lowest BCUT2D eigenvalue weighted by Crippen LogP contribution is -2.23. The van der Waals surface area contributed by atoms with Crippen LogP contribution in [0.5, 0.6) is 0 Å². The molecular weight excluding hydrogens is 212 g/mol. The lowest BCUT2D eigenvalue weighted by molar-refractivity contribution is -0.144. The maximum atomic E-state index is 11.2. The van der Waals surface area contributed by atoms with Gasteiger partial charge in [0.15, 0.2) is 0 Å². The van der Waals surface area contributed by atoms with Gasteiger partial charge in [0, 0.05) is 0 Å². The fourth-order valence-electron chi connectivity index (χ4n) is 2.49. The number of hydrogen-bond donors (Lipinski definition) is 1. The second-order valence-corrected chi connectivity index (χ2v) is 5.57. The van der Waals surface area contributed by atoms with Gasteiger partial charge in [0.05, 0.1) is 5.92 Å². The van der Waals surface area contributed by atoms with Gasteiger partial charge in [-0.25, -0.2) is 0 Å². The standard InChI is InChI=1S/C15H30O2/c1-5-7-8-10-13(9-6-2)11-14(12(3)4)15(16)17/h12-14H,5-11H2,1-4H3,(H,16,17). The Balaban J connectivity index is 4.23. The highest BCUT2D eigenvalue weighted by atomic mass is 16.4.